The molecule has 1 aliphatic rings. The van der Waals surface area contributed by atoms with E-state index in [4.69, 9.17) is 16.3 Å². The summed E-state index contributed by atoms with van der Waals surface area (Å²) >= 11 is 6.08. The van der Waals surface area contributed by atoms with Crippen LogP contribution in [0.1, 0.15) is 5.56 Å². The predicted octanol–water partition coefficient (Wildman–Crippen LogP) is 1.16. The molecule has 1 unspecified atom stereocenters. The number of hydrogen-bond donors (Lipinski definition) is 1. The molecule has 94 valence electrons. The van der Waals surface area contributed by atoms with Crippen LogP contribution in [0.5, 0.6) is 0 Å². The number of halogens is 1. The Balaban J connectivity index is 1.84. The molecule has 1 fully saturated rings. The summed E-state index contributed by atoms with van der Waals surface area (Å²) < 4.78 is 5.67. The number of hydrogen-bond acceptors (Lipinski definition) is 4. The quantitative estimate of drug-likeness (QED) is 0.876. The molecule has 0 spiro atoms. The second-order valence-corrected chi connectivity index (χ2v) is 4.77. The van der Waals surface area contributed by atoms with Crippen LogP contribution >= 0.6 is 11.6 Å². The fraction of sp³-hybridized carbons (Fsp3) is 0.583. The lowest BCUT2D eigenvalue weighted by Crippen LogP contribution is -2.44. The summed E-state index contributed by atoms with van der Waals surface area (Å²) in [6.45, 7) is 4.41. The highest BCUT2D eigenvalue weighted by Crippen LogP contribution is 2.15. The Morgan fingerprint density at radius 1 is 1.65 bits per heavy atom. The Hall–Kier alpha value is -0.680. The maximum Gasteiger partial charge on any atom is 0.0826 e. The van der Waals surface area contributed by atoms with Crippen molar-refractivity contribution >= 4 is 11.6 Å². The highest BCUT2D eigenvalue weighted by Gasteiger charge is 2.15. The number of nitrogens with zero attached hydrogens (tertiary/aromatic N) is 2. The summed E-state index contributed by atoms with van der Waals surface area (Å²) in [4.78, 5) is 6.20. The van der Waals surface area contributed by atoms with Gasteiger partial charge in [0.05, 0.1) is 17.7 Å². The zero-order chi connectivity index (χ0) is 12.1. The summed E-state index contributed by atoms with van der Waals surface area (Å²) in [5, 5.41) is 4.05. The number of pyridine rings is 1. The summed E-state index contributed by atoms with van der Waals surface area (Å²) in [5.74, 6) is 0. The van der Waals surface area contributed by atoms with E-state index in [1.165, 1.54) is 0 Å². The van der Waals surface area contributed by atoms with E-state index < -0.39 is 0 Å². The van der Waals surface area contributed by atoms with E-state index in [2.05, 4.69) is 22.2 Å². The number of rotatable bonds is 4. The van der Waals surface area contributed by atoms with Crippen molar-refractivity contribution in [1.82, 2.24) is 15.2 Å². The maximum atomic E-state index is 6.08. The van der Waals surface area contributed by atoms with Gasteiger partial charge in [0.15, 0.2) is 0 Å². The minimum atomic E-state index is 0.273. The minimum absolute atomic E-state index is 0.273. The van der Waals surface area contributed by atoms with Gasteiger partial charge in [0.2, 0.25) is 0 Å². The van der Waals surface area contributed by atoms with Crippen molar-refractivity contribution in [3.63, 3.8) is 0 Å². The molecule has 0 aliphatic carbocycles. The van der Waals surface area contributed by atoms with Gasteiger partial charge in [-0.3, -0.25) is 9.88 Å². The molecular weight excluding hydrogens is 238 g/mol. The number of likely N-dealkylation sites (N-methyl/N-ethyl adjacent to an activating group) is 1. The molecule has 1 saturated heterocycles. The van der Waals surface area contributed by atoms with E-state index in [-0.39, 0.29) is 6.10 Å². The smallest absolute Gasteiger partial charge is 0.0826 e. The predicted molar refractivity (Wildman–Crippen MR) is 68.2 cm³/mol. The van der Waals surface area contributed by atoms with Gasteiger partial charge in [-0.1, -0.05) is 11.6 Å². The molecule has 1 atom stereocenters. The Morgan fingerprint density at radius 2 is 2.53 bits per heavy atom. The average molecular weight is 256 g/mol. The highest BCUT2D eigenvalue weighted by molar-refractivity contribution is 6.31. The van der Waals surface area contributed by atoms with Gasteiger partial charge < -0.3 is 10.1 Å². The van der Waals surface area contributed by atoms with Gasteiger partial charge >= 0.3 is 0 Å². The molecule has 1 aromatic heterocycles. The van der Waals surface area contributed by atoms with Crippen LogP contribution in [-0.4, -0.2) is 49.3 Å². The van der Waals surface area contributed by atoms with Crippen molar-refractivity contribution in [2.45, 2.75) is 12.6 Å². The van der Waals surface area contributed by atoms with Gasteiger partial charge in [0.25, 0.3) is 0 Å². The fourth-order valence-corrected chi connectivity index (χ4v) is 2.15. The van der Waals surface area contributed by atoms with Crippen LogP contribution in [0.4, 0.5) is 0 Å². The number of aromatic nitrogens is 1. The lowest BCUT2D eigenvalue weighted by atomic mass is 10.2. The topological polar surface area (TPSA) is 37.4 Å². The lowest BCUT2D eigenvalue weighted by Gasteiger charge is -2.28. The number of nitrogens with one attached hydrogen (secondary N) is 1. The second-order valence-electron chi connectivity index (χ2n) is 4.36. The van der Waals surface area contributed by atoms with Gasteiger partial charge in [0.1, 0.15) is 0 Å². The van der Waals surface area contributed by atoms with Gasteiger partial charge in [-0.2, -0.15) is 0 Å². The third-order valence-electron chi connectivity index (χ3n) is 2.82. The number of morpholine rings is 1. The standard InChI is InChI=1S/C12H18ClN3O/c1-16(9-11-6-15-4-5-17-11)8-10-2-3-14-7-12(10)13/h2-3,7,11,15H,4-6,8-9H2,1H3. The molecule has 0 bridgehead atoms. The van der Waals surface area contributed by atoms with E-state index in [0.717, 1.165) is 43.4 Å². The third kappa shape index (κ3) is 3.92. The largest absolute Gasteiger partial charge is 0.374 e. The Labute approximate surface area is 107 Å². The first kappa shape index (κ1) is 12.8. The van der Waals surface area contributed by atoms with Crippen molar-refractivity contribution in [2.24, 2.45) is 0 Å². The van der Waals surface area contributed by atoms with E-state index in [9.17, 15) is 0 Å². The summed E-state index contributed by atoms with van der Waals surface area (Å²) in [7, 11) is 2.08. The van der Waals surface area contributed by atoms with Crippen LogP contribution < -0.4 is 5.32 Å². The summed E-state index contributed by atoms with van der Waals surface area (Å²) in [5.41, 5.74) is 1.10. The van der Waals surface area contributed by atoms with E-state index in [0.29, 0.717) is 0 Å². The molecule has 0 amide bonds. The molecule has 2 heterocycles. The first-order chi connectivity index (χ1) is 8.25. The minimum Gasteiger partial charge on any atom is -0.374 e. The highest BCUT2D eigenvalue weighted by atomic mass is 35.5. The van der Waals surface area contributed by atoms with Crippen molar-refractivity contribution in [1.29, 1.82) is 0 Å². The van der Waals surface area contributed by atoms with Crippen molar-refractivity contribution in [3.05, 3.63) is 29.0 Å². The lowest BCUT2D eigenvalue weighted by molar-refractivity contribution is 0.00885. The molecular formula is C12H18ClN3O. The third-order valence-corrected chi connectivity index (χ3v) is 3.16. The van der Waals surface area contributed by atoms with Gasteiger partial charge in [-0.15, -0.1) is 0 Å². The molecule has 0 saturated carbocycles. The molecule has 0 aromatic carbocycles. The molecule has 1 N–H and O–H groups in total. The Kier molecular flexibility index (Phi) is 4.74. The summed E-state index contributed by atoms with van der Waals surface area (Å²) in [6.07, 6.45) is 3.73. The van der Waals surface area contributed by atoms with Gasteiger partial charge in [-0.05, 0) is 18.7 Å². The molecule has 4 nitrogen and oxygen atoms in total. The summed E-state index contributed by atoms with van der Waals surface area (Å²) in [6, 6.07) is 1.96. The van der Waals surface area contributed by atoms with Gasteiger partial charge in [0, 0.05) is 38.6 Å². The van der Waals surface area contributed by atoms with E-state index >= 15 is 0 Å². The normalized spacial score (nSPS) is 20.8. The zero-order valence-electron chi connectivity index (χ0n) is 10.0. The van der Waals surface area contributed by atoms with Crippen LogP contribution in [0.3, 0.4) is 0 Å². The molecule has 5 heteroatoms. The zero-order valence-corrected chi connectivity index (χ0v) is 10.8. The van der Waals surface area contributed by atoms with Crippen molar-refractivity contribution in [2.75, 3.05) is 33.3 Å². The van der Waals surface area contributed by atoms with E-state index in [1.807, 2.05) is 6.07 Å². The Morgan fingerprint density at radius 3 is 3.24 bits per heavy atom. The first-order valence-electron chi connectivity index (χ1n) is 5.85. The molecule has 2 rings (SSSR count). The Bertz CT molecular complexity index is 355. The van der Waals surface area contributed by atoms with Crippen LogP contribution in [0.2, 0.25) is 5.02 Å². The monoisotopic (exact) mass is 255 g/mol. The molecule has 1 aliphatic heterocycles. The van der Waals surface area contributed by atoms with Crippen molar-refractivity contribution in [3.8, 4) is 0 Å². The molecule has 1 aromatic rings. The number of ether oxygens (including phenoxy) is 1. The van der Waals surface area contributed by atoms with Crippen LogP contribution in [-0.2, 0) is 11.3 Å². The molecule has 17 heavy (non-hydrogen) atoms. The first-order valence-corrected chi connectivity index (χ1v) is 6.23. The molecule has 0 radical (unpaired) electrons. The van der Waals surface area contributed by atoms with Crippen LogP contribution in [0.15, 0.2) is 18.5 Å². The van der Waals surface area contributed by atoms with Gasteiger partial charge in [-0.25, -0.2) is 0 Å². The van der Waals surface area contributed by atoms with E-state index in [1.54, 1.807) is 12.4 Å². The van der Waals surface area contributed by atoms with Crippen LogP contribution in [0, 0.1) is 0 Å². The van der Waals surface area contributed by atoms with Crippen LogP contribution in [0.25, 0.3) is 0 Å². The SMILES string of the molecule is CN(Cc1ccncc1Cl)CC1CNCCO1. The second kappa shape index (κ2) is 6.31. The fourth-order valence-electron chi connectivity index (χ4n) is 1.97. The van der Waals surface area contributed by atoms with Crippen molar-refractivity contribution < 1.29 is 4.74 Å². The maximum absolute atomic E-state index is 6.08. The average Bonchev–Trinajstić information content (AvgIpc) is 2.33.